The summed E-state index contributed by atoms with van der Waals surface area (Å²) in [6.45, 7) is 14.3. The Morgan fingerprint density at radius 1 is 1.39 bits per heavy atom. The highest BCUT2D eigenvalue weighted by atomic mass is 127. The number of halogens is 1. The molecule has 1 saturated heterocycles. The standard InChI is InChI=1S/C21H36N4O5.HI/c1-8-22-18(24-13-16(26)17-10-9-11-28-17)23-12-15-14(2)29-21(6,7)25(15)19(27)30-20(3,4)5;/h9-11,14-16,26H,8,12-13H2,1-7H3,(H2,22,23,24);1H. The maximum absolute atomic E-state index is 12.9. The van der Waals surface area contributed by atoms with Gasteiger partial charge in [-0.15, -0.1) is 24.0 Å². The van der Waals surface area contributed by atoms with Crippen molar-refractivity contribution in [2.24, 2.45) is 4.99 Å². The number of carbonyl (C=O) groups is 1. The molecule has 0 aliphatic carbocycles. The average Bonchev–Trinajstić information content (AvgIpc) is 3.21. The molecular weight excluding hydrogens is 515 g/mol. The Labute approximate surface area is 202 Å². The van der Waals surface area contributed by atoms with Gasteiger partial charge in [-0.25, -0.2) is 4.79 Å². The van der Waals surface area contributed by atoms with Crippen LogP contribution in [0.2, 0.25) is 0 Å². The van der Waals surface area contributed by atoms with Gasteiger partial charge in [0.1, 0.15) is 23.2 Å². The number of ether oxygens (including phenoxy) is 2. The van der Waals surface area contributed by atoms with Crippen LogP contribution in [0.25, 0.3) is 0 Å². The molecule has 2 rings (SSSR count). The van der Waals surface area contributed by atoms with Crippen LogP contribution in [-0.4, -0.2) is 65.2 Å². The van der Waals surface area contributed by atoms with Gasteiger partial charge in [0, 0.05) is 13.1 Å². The van der Waals surface area contributed by atoms with Crippen LogP contribution in [0.5, 0.6) is 0 Å². The van der Waals surface area contributed by atoms with Crippen molar-refractivity contribution in [3.63, 3.8) is 0 Å². The molecule has 31 heavy (non-hydrogen) atoms. The third kappa shape index (κ3) is 7.83. The molecule has 1 aromatic rings. The number of guanidine groups is 1. The van der Waals surface area contributed by atoms with Crippen molar-refractivity contribution in [3.8, 4) is 0 Å². The predicted molar refractivity (Wildman–Crippen MR) is 130 cm³/mol. The number of nitrogens with zero attached hydrogens (tertiary/aromatic N) is 2. The minimum atomic E-state index is -0.832. The summed E-state index contributed by atoms with van der Waals surface area (Å²) in [5, 5.41) is 16.6. The topological polar surface area (TPSA) is 109 Å². The molecule has 1 fully saturated rings. The number of hydrogen-bond donors (Lipinski definition) is 3. The van der Waals surface area contributed by atoms with Crippen LogP contribution in [-0.2, 0) is 9.47 Å². The van der Waals surface area contributed by atoms with E-state index in [-0.39, 0.29) is 42.7 Å². The molecule has 1 aromatic heterocycles. The van der Waals surface area contributed by atoms with Gasteiger partial charge in [-0.05, 0) is 60.6 Å². The van der Waals surface area contributed by atoms with Gasteiger partial charge in [-0.3, -0.25) is 9.89 Å². The molecule has 0 saturated carbocycles. The number of aliphatic hydroxyl groups excluding tert-OH is 1. The van der Waals surface area contributed by atoms with Crippen LogP contribution in [0.1, 0.15) is 60.3 Å². The Balaban J connectivity index is 0.00000480. The van der Waals surface area contributed by atoms with Crippen LogP contribution in [0, 0.1) is 0 Å². The number of amides is 1. The van der Waals surface area contributed by atoms with Crippen molar-refractivity contribution in [1.29, 1.82) is 0 Å². The lowest BCUT2D eigenvalue weighted by Gasteiger charge is -2.35. The van der Waals surface area contributed by atoms with Gasteiger partial charge in [0.15, 0.2) is 5.96 Å². The molecular formula is C21H37IN4O5. The van der Waals surface area contributed by atoms with Crippen LogP contribution < -0.4 is 10.6 Å². The summed E-state index contributed by atoms with van der Waals surface area (Å²) in [4.78, 5) is 18.9. The minimum Gasteiger partial charge on any atom is -0.467 e. The first-order valence-electron chi connectivity index (χ1n) is 10.4. The summed E-state index contributed by atoms with van der Waals surface area (Å²) in [7, 11) is 0. The first-order chi connectivity index (χ1) is 13.9. The molecule has 2 heterocycles. The summed E-state index contributed by atoms with van der Waals surface area (Å²) < 4.78 is 16.8. The summed E-state index contributed by atoms with van der Waals surface area (Å²) in [6, 6.07) is 3.17. The van der Waals surface area contributed by atoms with Crippen LogP contribution in [0.4, 0.5) is 4.79 Å². The van der Waals surface area contributed by atoms with Gasteiger partial charge in [0.25, 0.3) is 0 Å². The molecule has 3 N–H and O–H groups in total. The van der Waals surface area contributed by atoms with Crippen molar-refractivity contribution in [3.05, 3.63) is 24.2 Å². The van der Waals surface area contributed by atoms with Gasteiger partial charge in [-0.1, -0.05) is 0 Å². The zero-order valence-corrected chi connectivity index (χ0v) is 21.8. The first-order valence-corrected chi connectivity index (χ1v) is 10.4. The van der Waals surface area contributed by atoms with E-state index in [0.29, 0.717) is 24.8 Å². The lowest BCUT2D eigenvalue weighted by molar-refractivity contribution is -0.0755. The number of furan rings is 1. The second-order valence-electron chi connectivity index (χ2n) is 8.82. The highest BCUT2D eigenvalue weighted by molar-refractivity contribution is 14.0. The number of rotatable bonds is 6. The summed E-state index contributed by atoms with van der Waals surface area (Å²) in [6.07, 6.45) is 0.0667. The molecule has 10 heteroatoms. The van der Waals surface area contributed by atoms with E-state index in [1.165, 1.54) is 6.26 Å². The highest BCUT2D eigenvalue weighted by Crippen LogP contribution is 2.33. The SMILES string of the molecule is CCNC(=NCC(O)c1ccco1)NCC1C(C)OC(C)(C)N1C(=O)OC(C)(C)C.I. The maximum Gasteiger partial charge on any atom is 0.412 e. The smallest absolute Gasteiger partial charge is 0.412 e. The maximum atomic E-state index is 12.9. The van der Waals surface area contributed by atoms with Crippen LogP contribution in [0.15, 0.2) is 27.8 Å². The second kappa shape index (κ2) is 11.4. The van der Waals surface area contributed by atoms with Crippen molar-refractivity contribution in [1.82, 2.24) is 15.5 Å². The van der Waals surface area contributed by atoms with Crippen molar-refractivity contribution in [2.45, 2.75) is 78.0 Å². The second-order valence-corrected chi connectivity index (χ2v) is 8.82. The quantitative estimate of drug-likeness (QED) is 0.283. The van der Waals surface area contributed by atoms with E-state index in [1.54, 1.807) is 17.0 Å². The molecule has 1 aliphatic heterocycles. The largest absolute Gasteiger partial charge is 0.467 e. The van der Waals surface area contributed by atoms with E-state index in [9.17, 15) is 9.90 Å². The molecule has 0 spiro atoms. The fourth-order valence-corrected chi connectivity index (χ4v) is 3.41. The number of aliphatic hydroxyl groups is 1. The van der Waals surface area contributed by atoms with Gasteiger partial charge < -0.3 is 29.6 Å². The monoisotopic (exact) mass is 552 g/mol. The fourth-order valence-electron chi connectivity index (χ4n) is 3.41. The fraction of sp³-hybridized carbons (Fsp3) is 0.714. The Hall–Kier alpha value is -1.53. The first kappa shape index (κ1) is 27.5. The summed E-state index contributed by atoms with van der Waals surface area (Å²) in [5.41, 5.74) is -1.39. The van der Waals surface area contributed by atoms with E-state index in [0.717, 1.165) is 0 Å². The van der Waals surface area contributed by atoms with Crippen LogP contribution in [0.3, 0.4) is 0 Å². The Morgan fingerprint density at radius 3 is 2.61 bits per heavy atom. The molecule has 1 amide bonds. The van der Waals surface area contributed by atoms with E-state index >= 15 is 0 Å². The number of carbonyl (C=O) groups excluding carboxylic acids is 1. The Morgan fingerprint density at radius 2 is 2.06 bits per heavy atom. The average molecular weight is 552 g/mol. The number of aliphatic imine (C=N–C) groups is 1. The van der Waals surface area contributed by atoms with Crippen molar-refractivity contribution >= 4 is 36.0 Å². The molecule has 0 radical (unpaired) electrons. The van der Waals surface area contributed by atoms with Crippen LogP contribution >= 0.6 is 24.0 Å². The third-order valence-electron chi connectivity index (χ3n) is 4.63. The number of nitrogens with one attached hydrogen (secondary N) is 2. The molecule has 9 nitrogen and oxygen atoms in total. The zero-order valence-electron chi connectivity index (χ0n) is 19.5. The van der Waals surface area contributed by atoms with Gasteiger partial charge in [0.05, 0.1) is 25.0 Å². The van der Waals surface area contributed by atoms with E-state index in [1.807, 2.05) is 48.5 Å². The lowest BCUT2D eigenvalue weighted by atomic mass is 10.1. The third-order valence-corrected chi connectivity index (χ3v) is 4.63. The minimum absolute atomic E-state index is 0. The Kier molecular flexibility index (Phi) is 10.1. The molecule has 178 valence electrons. The van der Waals surface area contributed by atoms with E-state index in [4.69, 9.17) is 13.9 Å². The normalized spacial score (nSPS) is 21.9. The van der Waals surface area contributed by atoms with Crippen molar-refractivity contribution < 1.29 is 23.8 Å². The molecule has 0 aromatic carbocycles. The molecule has 0 bridgehead atoms. The molecule has 3 unspecified atom stereocenters. The van der Waals surface area contributed by atoms with E-state index < -0.39 is 23.5 Å². The summed E-state index contributed by atoms with van der Waals surface area (Å²) in [5.74, 6) is 0.995. The summed E-state index contributed by atoms with van der Waals surface area (Å²) >= 11 is 0. The van der Waals surface area contributed by atoms with Gasteiger partial charge in [-0.2, -0.15) is 0 Å². The van der Waals surface area contributed by atoms with Crippen molar-refractivity contribution in [2.75, 3.05) is 19.6 Å². The van der Waals surface area contributed by atoms with Gasteiger partial charge in [0.2, 0.25) is 0 Å². The van der Waals surface area contributed by atoms with E-state index in [2.05, 4.69) is 15.6 Å². The lowest BCUT2D eigenvalue weighted by Crippen LogP contribution is -2.54. The molecule has 3 atom stereocenters. The number of hydrogen-bond acceptors (Lipinski definition) is 6. The Bertz CT molecular complexity index is 718. The zero-order chi connectivity index (χ0) is 22.5. The van der Waals surface area contributed by atoms with Gasteiger partial charge >= 0.3 is 6.09 Å². The highest BCUT2D eigenvalue weighted by Gasteiger charge is 2.49. The predicted octanol–water partition coefficient (Wildman–Crippen LogP) is 3.25. The molecule has 1 aliphatic rings.